The fraction of sp³-hybridized carbons (Fsp3) is 0.818. The van der Waals surface area contributed by atoms with Crippen LogP contribution in [0.4, 0.5) is 0 Å². The van der Waals surface area contributed by atoms with Gasteiger partial charge in [-0.2, -0.15) is 0 Å². The minimum absolute atomic E-state index is 0.892. The van der Waals surface area contributed by atoms with Crippen LogP contribution in [-0.2, 0) is 0 Å². The van der Waals surface area contributed by atoms with Crippen molar-refractivity contribution in [2.45, 2.75) is 59.2 Å². The maximum Gasteiger partial charge on any atom is 0.0827 e. The normalized spacial score (nSPS) is 14.1. The fourth-order valence-corrected chi connectivity index (χ4v) is 7.10. The molecule has 0 radical (unpaired) electrons. The highest BCUT2D eigenvalue weighted by molar-refractivity contribution is 6.87. The highest BCUT2D eigenvalue weighted by Gasteiger charge is 2.33. The fourth-order valence-electron chi connectivity index (χ4n) is 2.37. The summed E-state index contributed by atoms with van der Waals surface area (Å²) >= 11 is 0. The van der Waals surface area contributed by atoms with Gasteiger partial charge in [0, 0.05) is 0 Å². The van der Waals surface area contributed by atoms with E-state index in [1.54, 1.807) is 5.20 Å². The third kappa shape index (κ3) is 2.01. The SMILES string of the molecule is CC=C(C)[Si](CC)(CC)C(C)C. The molecule has 0 aromatic carbocycles. The summed E-state index contributed by atoms with van der Waals surface area (Å²) in [6.07, 6.45) is 2.33. The molecule has 0 aliphatic heterocycles. The number of allylic oxidation sites excluding steroid dienone is 2. The highest BCUT2D eigenvalue weighted by atomic mass is 28.3. The lowest BCUT2D eigenvalue weighted by Gasteiger charge is -2.34. The smallest absolute Gasteiger partial charge is 0.0827 e. The molecule has 0 unspecified atom stereocenters. The Hall–Kier alpha value is -0.0431. The molecule has 72 valence electrons. The number of hydrogen-bond acceptors (Lipinski definition) is 0. The van der Waals surface area contributed by atoms with Crippen molar-refractivity contribution in [1.82, 2.24) is 0 Å². The molecule has 0 saturated heterocycles. The Labute approximate surface area is 79.1 Å². The lowest BCUT2D eigenvalue weighted by Crippen LogP contribution is -2.37. The first-order valence-electron chi connectivity index (χ1n) is 5.18. The van der Waals surface area contributed by atoms with Gasteiger partial charge in [0.05, 0.1) is 8.07 Å². The van der Waals surface area contributed by atoms with Gasteiger partial charge in [-0.15, -0.1) is 0 Å². The zero-order valence-electron chi connectivity index (χ0n) is 9.57. The van der Waals surface area contributed by atoms with Gasteiger partial charge in [0.15, 0.2) is 0 Å². The predicted molar refractivity (Wildman–Crippen MR) is 61.2 cm³/mol. The molecule has 0 aromatic rings. The molecule has 0 atom stereocenters. The Morgan fingerprint density at radius 1 is 1.25 bits per heavy atom. The third-order valence-corrected chi connectivity index (χ3v) is 10.2. The average molecular weight is 184 g/mol. The maximum absolute atomic E-state index is 2.40. The second kappa shape index (κ2) is 4.86. The Bertz CT molecular complexity index is 152. The summed E-state index contributed by atoms with van der Waals surface area (Å²) < 4.78 is 0. The molecule has 0 N–H and O–H groups in total. The summed E-state index contributed by atoms with van der Waals surface area (Å²) in [4.78, 5) is 0. The molecule has 1 heteroatoms. The predicted octanol–water partition coefficient (Wildman–Crippen LogP) is 4.39. The molecular formula is C11H24Si. The Morgan fingerprint density at radius 2 is 1.67 bits per heavy atom. The summed E-state index contributed by atoms with van der Waals surface area (Å²) in [7, 11) is -1.06. The molecule has 0 aliphatic rings. The molecule has 0 heterocycles. The van der Waals surface area contributed by atoms with Crippen molar-refractivity contribution in [1.29, 1.82) is 0 Å². The highest BCUT2D eigenvalue weighted by Crippen LogP contribution is 2.34. The van der Waals surface area contributed by atoms with Gasteiger partial charge in [-0.05, 0) is 19.4 Å². The largest absolute Gasteiger partial charge is 0.0925 e. The minimum Gasteiger partial charge on any atom is -0.0925 e. The quantitative estimate of drug-likeness (QED) is 0.568. The van der Waals surface area contributed by atoms with Crippen molar-refractivity contribution in [3.05, 3.63) is 11.3 Å². The van der Waals surface area contributed by atoms with Crippen molar-refractivity contribution in [3.63, 3.8) is 0 Å². The van der Waals surface area contributed by atoms with Crippen LogP contribution in [0.3, 0.4) is 0 Å². The maximum atomic E-state index is 2.40. The summed E-state index contributed by atoms with van der Waals surface area (Å²) in [5, 5.41) is 1.70. The van der Waals surface area contributed by atoms with E-state index in [0.29, 0.717) is 0 Å². The molecular weight excluding hydrogens is 160 g/mol. The van der Waals surface area contributed by atoms with Gasteiger partial charge in [-0.3, -0.25) is 0 Å². The molecule has 0 amide bonds. The molecule has 0 fully saturated rings. The van der Waals surface area contributed by atoms with Crippen LogP contribution in [0.25, 0.3) is 0 Å². The van der Waals surface area contributed by atoms with Crippen LogP contribution in [-0.4, -0.2) is 8.07 Å². The van der Waals surface area contributed by atoms with Crippen molar-refractivity contribution in [2.75, 3.05) is 0 Å². The number of rotatable bonds is 4. The summed E-state index contributed by atoms with van der Waals surface area (Å²) in [6, 6.07) is 2.80. The first-order chi connectivity index (χ1) is 5.55. The van der Waals surface area contributed by atoms with E-state index < -0.39 is 8.07 Å². The zero-order valence-corrected chi connectivity index (χ0v) is 10.6. The van der Waals surface area contributed by atoms with E-state index >= 15 is 0 Å². The van der Waals surface area contributed by atoms with Gasteiger partial charge in [0.25, 0.3) is 0 Å². The zero-order chi connectivity index (χ0) is 9.78. The van der Waals surface area contributed by atoms with E-state index in [0.717, 1.165) is 5.54 Å². The van der Waals surface area contributed by atoms with Crippen LogP contribution in [0.15, 0.2) is 11.3 Å². The molecule has 0 rings (SSSR count). The van der Waals surface area contributed by atoms with E-state index in [2.05, 4.69) is 47.6 Å². The molecule has 0 aliphatic carbocycles. The second-order valence-corrected chi connectivity index (χ2v) is 9.66. The topological polar surface area (TPSA) is 0 Å². The van der Waals surface area contributed by atoms with Crippen molar-refractivity contribution >= 4 is 8.07 Å². The number of hydrogen-bond donors (Lipinski definition) is 0. The molecule has 0 bridgehead atoms. The van der Waals surface area contributed by atoms with E-state index in [1.807, 2.05) is 0 Å². The van der Waals surface area contributed by atoms with Gasteiger partial charge < -0.3 is 0 Å². The molecule has 0 spiro atoms. The van der Waals surface area contributed by atoms with E-state index in [-0.39, 0.29) is 0 Å². The van der Waals surface area contributed by atoms with E-state index in [9.17, 15) is 0 Å². The third-order valence-electron chi connectivity index (χ3n) is 3.59. The molecule has 12 heavy (non-hydrogen) atoms. The molecule has 0 nitrogen and oxygen atoms in total. The van der Waals surface area contributed by atoms with E-state index in [4.69, 9.17) is 0 Å². The molecule has 0 saturated carbocycles. The van der Waals surface area contributed by atoms with Crippen LogP contribution in [0.5, 0.6) is 0 Å². The van der Waals surface area contributed by atoms with Gasteiger partial charge in [0.1, 0.15) is 0 Å². The summed E-state index contributed by atoms with van der Waals surface area (Å²) in [6.45, 7) is 14.0. The lowest BCUT2D eigenvalue weighted by atomic mass is 10.5. The first kappa shape index (κ1) is 12.0. The van der Waals surface area contributed by atoms with Crippen molar-refractivity contribution < 1.29 is 0 Å². The van der Waals surface area contributed by atoms with Crippen LogP contribution in [0, 0.1) is 0 Å². The second-order valence-electron chi connectivity index (χ2n) is 3.99. The minimum atomic E-state index is -1.06. The van der Waals surface area contributed by atoms with Crippen LogP contribution in [0.1, 0.15) is 41.5 Å². The summed E-state index contributed by atoms with van der Waals surface area (Å²) in [5.74, 6) is 0. The van der Waals surface area contributed by atoms with Crippen molar-refractivity contribution in [3.8, 4) is 0 Å². The monoisotopic (exact) mass is 184 g/mol. The van der Waals surface area contributed by atoms with Gasteiger partial charge >= 0.3 is 0 Å². The van der Waals surface area contributed by atoms with Gasteiger partial charge in [0.2, 0.25) is 0 Å². The Balaban J connectivity index is 4.82. The lowest BCUT2D eigenvalue weighted by molar-refractivity contribution is 0.965. The van der Waals surface area contributed by atoms with E-state index in [1.165, 1.54) is 12.1 Å². The molecule has 0 aromatic heterocycles. The Morgan fingerprint density at radius 3 is 1.75 bits per heavy atom. The van der Waals surface area contributed by atoms with Crippen LogP contribution < -0.4 is 0 Å². The van der Waals surface area contributed by atoms with Gasteiger partial charge in [-0.1, -0.05) is 51.1 Å². The standard InChI is InChI=1S/C11H24Si/c1-7-11(6)12(8-2,9-3)10(4)5/h7,10H,8-9H2,1-6H3. The Kier molecular flexibility index (Phi) is 4.84. The average Bonchev–Trinajstić information content (AvgIpc) is 2.06. The first-order valence-corrected chi connectivity index (χ1v) is 7.67. The summed E-state index contributed by atoms with van der Waals surface area (Å²) in [5.41, 5.74) is 0.892. The van der Waals surface area contributed by atoms with Crippen LogP contribution >= 0.6 is 0 Å². The van der Waals surface area contributed by atoms with Crippen molar-refractivity contribution in [2.24, 2.45) is 0 Å². The van der Waals surface area contributed by atoms with Gasteiger partial charge in [-0.25, -0.2) is 0 Å². The van der Waals surface area contributed by atoms with Crippen LogP contribution in [0.2, 0.25) is 17.6 Å².